The third kappa shape index (κ3) is 3.82. The third-order valence-electron chi connectivity index (χ3n) is 3.39. The summed E-state index contributed by atoms with van der Waals surface area (Å²) in [6, 6.07) is 9.75. The standard InChI is InChI=1S/C18H20N4O2/c1-5-24-18(23)15(10-19)11-20-17-9-14(4)21-22(17)16-7-6-12(2)8-13(16)3/h6-9,11,20H,5H2,1-4H3/b15-11+. The number of ether oxygens (including phenoxy) is 1. The number of benzene rings is 1. The van der Waals surface area contributed by atoms with Crippen molar-refractivity contribution in [1.29, 1.82) is 5.26 Å². The molecule has 0 saturated heterocycles. The van der Waals surface area contributed by atoms with Gasteiger partial charge in [-0.1, -0.05) is 17.7 Å². The zero-order chi connectivity index (χ0) is 17.7. The van der Waals surface area contributed by atoms with Crippen LogP contribution < -0.4 is 5.32 Å². The molecule has 0 aliphatic rings. The molecule has 0 fully saturated rings. The molecule has 6 heteroatoms. The highest BCUT2D eigenvalue weighted by molar-refractivity contribution is 5.93. The molecule has 0 spiro atoms. The van der Waals surface area contributed by atoms with Crippen LogP contribution in [0.25, 0.3) is 5.69 Å². The van der Waals surface area contributed by atoms with Gasteiger partial charge < -0.3 is 10.1 Å². The normalized spacial score (nSPS) is 11.0. The summed E-state index contributed by atoms with van der Waals surface area (Å²) in [6.07, 6.45) is 1.34. The molecule has 0 bridgehead atoms. The van der Waals surface area contributed by atoms with Gasteiger partial charge in [-0.25, -0.2) is 9.48 Å². The number of carbonyl (C=O) groups excluding carboxylic acids is 1. The van der Waals surface area contributed by atoms with Gasteiger partial charge in [0.1, 0.15) is 11.9 Å². The lowest BCUT2D eigenvalue weighted by molar-refractivity contribution is -0.138. The van der Waals surface area contributed by atoms with Crippen LogP contribution in [-0.4, -0.2) is 22.4 Å². The van der Waals surface area contributed by atoms with Crippen molar-refractivity contribution in [2.75, 3.05) is 11.9 Å². The molecule has 2 rings (SSSR count). The van der Waals surface area contributed by atoms with Gasteiger partial charge in [0, 0.05) is 12.3 Å². The van der Waals surface area contributed by atoms with Gasteiger partial charge in [0.15, 0.2) is 5.57 Å². The van der Waals surface area contributed by atoms with Crippen LogP contribution in [0.4, 0.5) is 5.82 Å². The summed E-state index contributed by atoms with van der Waals surface area (Å²) < 4.78 is 6.59. The van der Waals surface area contributed by atoms with Crippen molar-refractivity contribution in [2.24, 2.45) is 0 Å². The Labute approximate surface area is 141 Å². The van der Waals surface area contributed by atoms with Crippen LogP contribution in [0.1, 0.15) is 23.7 Å². The van der Waals surface area contributed by atoms with E-state index in [1.165, 1.54) is 11.8 Å². The van der Waals surface area contributed by atoms with E-state index < -0.39 is 5.97 Å². The second-order valence-electron chi connectivity index (χ2n) is 5.41. The van der Waals surface area contributed by atoms with E-state index in [9.17, 15) is 4.79 Å². The maximum atomic E-state index is 11.7. The SMILES string of the molecule is CCOC(=O)/C(C#N)=C/Nc1cc(C)nn1-c1ccc(C)cc1C. The number of carbonyl (C=O) groups is 1. The van der Waals surface area contributed by atoms with Gasteiger partial charge >= 0.3 is 5.97 Å². The molecule has 0 aliphatic heterocycles. The van der Waals surface area contributed by atoms with Gasteiger partial charge in [0.25, 0.3) is 0 Å². The number of rotatable bonds is 5. The van der Waals surface area contributed by atoms with E-state index in [1.807, 2.05) is 45.0 Å². The highest BCUT2D eigenvalue weighted by atomic mass is 16.5. The smallest absolute Gasteiger partial charge is 0.350 e. The van der Waals surface area contributed by atoms with Crippen LogP contribution in [-0.2, 0) is 9.53 Å². The number of anilines is 1. The largest absolute Gasteiger partial charge is 0.462 e. The number of nitrogens with zero attached hydrogens (tertiary/aromatic N) is 3. The molecule has 124 valence electrons. The van der Waals surface area contributed by atoms with E-state index in [-0.39, 0.29) is 12.2 Å². The van der Waals surface area contributed by atoms with Crippen LogP contribution in [0.3, 0.4) is 0 Å². The van der Waals surface area contributed by atoms with Crippen LogP contribution in [0, 0.1) is 32.1 Å². The summed E-state index contributed by atoms with van der Waals surface area (Å²) >= 11 is 0. The minimum absolute atomic E-state index is 0.0946. The average Bonchev–Trinajstić information content (AvgIpc) is 2.89. The van der Waals surface area contributed by atoms with E-state index in [0.29, 0.717) is 5.82 Å². The Bertz CT molecular complexity index is 828. The predicted molar refractivity (Wildman–Crippen MR) is 91.7 cm³/mol. The zero-order valence-corrected chi connectivity index (χ0v) is 14.3. The fourth-order valence-electron chi connectivity index (χ4n) is 2.32. The van der Waals surface area contributed by atoms with Gasteiger partial charge in [-0.3, -0.25) is 0 Å². The maximum absolute atomic E-state index is 11.7. The molecule has 2 aromatic rings. The molecular formula is C18H20N4O2. The molecule has 0 radical (unpaired) electrons. The fourth-order valence-corrected chi connectivity index (χ4v) is 2.32. The van der Waals surface area contributed by atoms with Crippen molar-refractivity contribution in [2.45, 2.75) is 27.7 Å². The molecule has 24 heavy (non-hydrogen) atoms. The van der Waals surface area contributed by atoms with Gasteiger partial charge in [-0.05, 0) is 39.3 Å². The van der Waals surface area contributed by atoms with E-state index in [1.54, 1.807) is 11.6 Å². The number of aromatic nitrogens is 2. The number of nitrogens with one attached hydrogen (secondary N) is 1. The first kappa shape index (κ1) is 17.3. The van der Waals surface area contributed by atoms with Crippen LogP contribution in [0.5, 0.6) is 0 Å². The molecule has 0 unspecified atom stereocenters. The van der Waals surface area contributed by atoms with E-state index >= 15 is 0 Å². The first-order valence-electron chi connectivity index (χ1n) is 7.64. The van der Waals surface area contributed by atoms with Crippen molar-refractivity contribution in [3.8, 4) is 11.8 Å². The predicted octanol–water partition coefficient (Wildman–Crippen LogP) is 3.18. The molecule has 1 N–H and O–H groups in total. The molecule has 1 heterocycles. The van der Waals surface area contributed by atoms with E-state index in [0.717, 1.165) is 16.9 Å². The monoisotopic (exact) mass is 324 g/mol. The molecular weight excluding hydrogens is 304 g/mol. The Hall–Kier alpha value is -3.07. The first-order chi connectivity index (χ1) is 11.5. The minimum Gasteiger partial charge on any atom is -0.462 e. The summed E-state index contributed by atoms with van der Waals surface area (Å²) in [5, 5.41) is 16.5. The lowest BCUT2D eigenvalue weighted by atomic mass is 10.1. The Kier molecular flexibility index (Phi) is 5.38. The summed E-state index contributed by atoms with van der Waals surface area (Å²) in [7, 11) is 0. The maximum Gasteiger partial charge on any atom is 0.350 e. The highest BCUT2D eigenvalue weighted by Gasteiger charge is 2.12. The number of nitriles is 1. The van der Waals surface area contributed by atoms with Crippen molar-refractivity contribution >= 4 is 11.8 Å². The molecule has 1 aromatic carbocycles. The Morgan fingerprint density at radius 2 is 2.12 bits per heavy atom. The summed E-state index contributed by atoms with van der Waals surface area (Å²) in [4.78, 5) is 11.7. The summed E-state index contributed by atoms with van der Waals surface area (Å²) in [6.45, 7) is 7.84. The van der Waals surface area contributed by atoms with Crippen molar-refractivity contribution < 1.29 is 9.53 Å². The van der Waals surface area contributed by atoms with Crippen molar-refractivity contribution in [3.63, 3.8) is 0 Å². The summed E-state index contributed by atoms with van der Waals surface area (Å²) in [5.74, 6) is 0.0123. The fraction of sp³-hybridized carbons (Fsp3) is 0.278. The van der Waals surface area contributed by atoms with Crippen LogP contribution >= 0.6 is 0 Å². The molecule has 0 aliphatic carbocycles. The zero-order valence-electron chi connectivity index (χ0n) is 14.3. The second kappa shape index (κ2) is 7.47. The number of hydrogen-bond acceptors (Lipinski definition) is 5. The van der Waals surface area contributed by atoms with Crippen LogP contribution in [0.15, 0.2) is 36.0 Å². The van der Waals surface area contributed by atoms with Gasteiger partial charge in [0.2, 0.25) is 0 Å². The Balaban J connectivity index is 2.36. The van der Waals surface area contributed by atoms with Gasteiger partial charge in [0.05, 0.1) is 18.0 Å². The number of hydrogen-bond donors (Lipinski definition) is 1. The molecule has 0 atom stereocenters. The molecule has 0 saturated carbocycles. The van der Waals surface area contributed by atoms with E-state index in [2.05, 4.69) is 16.5 Å². The topological polar surface area (TPSA) is 79.9 Å². The van der Waals surface area contributed by atoms with Gasteiger partial charge in [-0.15, -0.1) is 0 Å². The number of aryl methyl sites for hydroxylation is 3. The lowest BCUT2D eigenvalue weighted by Crippen LogP contribution is -2.09. The Morgan fingerprint density at radius 1 is 1.38 bits per heavy atom. The van der Waals surface area contributed by atoms with Gasteiger partial charge in [-0.2, -0.15) is 10.4 Å². The second-order valence-corrected chi connectivity index (χ2v) is 5.41. The lowest BCUT2D eigenvalue weighted by Gasteiger charge is -2.11. The summed E-state index contributed by atoms with van der Waals surface area (Å²) in [5.41, 5.74) is 3.90. The molecule has 0 amide bonds. The first-order valence-corrected chi connectivity index (χ1v) is 7.64. The van der Waals surface area contributed by atoms with Crippen molar-refractivity contribution in [1.82, 2.24) is 9.78 Å². The quantitative estimate of drug-likeness (QED) is 0.519. The van der Waals surface area contributed by atoms with Crippen molar-refractivity contribution in [3.05, 3.63) is 52.9 Å². The Morgan fingerprint density at radius 3 is 2.75 bits per heavy atom. The highest BCUT2D eigenvalue weighted by Crippen LogP contribution is 2.21. The van der Waals surface area contributed by atoms with E-state index in [4.69, 9.17) is 10.00 Å². The number of esters is 1. The van der Waals surface area contributed by atoms with Crippen LogP contribution in [0.2, 0.25) is 0 Å². The average molecular weight is 324 g/mol. The molecule has 1 aromatic heterocycles. The minimum atomic E-state index is -0.651. The third-order valence-corrected chi connectivity index (χ3v) is 3.39. The molecule has 6 nitrogen and oxygen atoms in total.